The highest BCUT2D eigenvalue weighted by Crippen LogP contribution is 2.27. The Hall–Kier alpha value is -3.34. The summed E-state index contributed by atoms with van der Waals surface area (Å²) in [4.78, 5) is 22.3. The Kier molecular flexibility index (Phi) is 6.76. The Morgan fingerprint density at radius 1 is 1.34 bits per heavy atom. The number of aromatic nitrogens is 2. The molecule has 0 spiro atoms. The quantitative estimate of drug-likeness (QED) is 0.470. The highest BCUT2D eigenvalue weighted by atomic mass is 19.1. The van der Waals surface area contributed by atoms with Crippen LogP contribution < -0.4 is 20.1 Å². The predicted octanol–water partition coefficient (Wildman–Crippen LogP) is 1.88. The van der Waals surface area contributed by atoms with Gasteiger partial charge in [0, 0.05) is 36.6 Å². The molecule has 184 valence electrons. The third-order valence-electron chi connectivity index (χ3n) is 6.56. The second-order valence-corrected chi connectivity index (χ2v) is 8.85. The summed E-state index contributed by atoms with van der Waals surface area (Å²) in [5, 5.41) is 17.6. The number of methoxy groups -OCH3 is 1. The van der Waals surface area contributed by atoms with Gasteiger partial charge in [-0.15, -0.1) is 0 Å². The van der Waals surface area contributed by atoms with Crippen molar-refractivity contribution < 1.29 is 23.8 Å². The van der Waals surface area contributed by atoms with Gasteiger partial charge in [-0.05, 0) is 49.7 Å². The number of carbonyl (C=O) groups excluding carboxylic acids is 1. The topological polar surface area (TPSA) is 109 Å². The molecule has 9 nitrogen and oxygen atoms in total. The van der Waals surface area contributed by atoms with Crippen molar-refractivity contribution in [3.05, 3.63) is 53.6 Å². The largest absolute Gasteiger partial charge is 0.497 e. The second-order valence-electron chi connectivity index (χ2n) is 8.85. The average molecular weight is 482 g/mol. The first-order chi connectivity index (χ1) is 17.0. The molecule has 0 bridgehead atoms. The number of carbonyl (C=O) groups is 1. The molecule has 4 heterocycles. The normalized spacial score (nSPS) is 20.3. The summed E-state index contributed by atoms with van der Waals surface area (Å²) >= 11 is 0. The summed E-state index contributed by atoms with van der Waals surface area (Å²) < 4.78 is 25.3. The van der Waals surface area contributed by atoms with Gasteiger partial charge in [-0.3, -0.25) is 9.78 Å². The highest BCUT2D eigenvalue weighted by molar-refractivity contribution is 5.94. The van der Waals surface area contributed by atoms with E-state index in [2.05, 4.69) is 25.5 Å². The maximum atomic E-state index is 14.6. The zero-order valence-corrected chi connectivity index (χ0v) is 19.5. The summed E-state index contributed by atoms with van der Waals surface area (Å²) in [5.74, 6) is 1.08. The van der Waals surface area contributed by atoms with Gasteiger partial charge >= 0.3 is 0 Å². The minimum atomic E-state index is -0.566. The molecular formula is C25H28FN5O4. The first kappa shape index (κ1) is 23.4. The number of benzene rings is 1. The number of aliphatic hydroxyl groups is 1. The van der Waals surface area contributed by atoms with E-state index in [1.165, 1.54) is 6.20 Å². The predicted molar refractivity (Wildman–Crippen MR) is 128 cm³/mol. The fraction of sp³-hybridized carbons (Fsp3) is 0.400. The van der Waals surface area contributed by atoms with E-state index in [9.17, 15) is 14.3 Å². The first-order valence-corrected chi connectivity index (χ1v) is 11.7. The molecule has 1 saturated heterocycles. The van der Waals surface area contributed by atoms with Crippen molar-refractivity contribution in [2.75, 3.05) is 38.7 Å². The van der Waals surface area contributed by atoms with Crippen molar-refractivity contribution in [1.29, 1.82) is 0 Å². The lowest BCUT2D eigenvalue weighted by Gasteiger charge is -2.36. The van der Waals surface area contributed by atoms with Gasteiger partial charge in [-0.2, -0.15) is 0 Å². The van der Waals surface area contributed by atoms with E-state index in [1.54, 1.807) is 13.2 Å². The molecule has 1 amide bonds. The third-order valence-corrected chi connectivity index (χ3v) is 6.56. The Morgan fingerprint density at radius 3 is 3.06 bits per heavy atom. The lowest BCUT2D eigenvalue weighted by Crippen LogP contribution is -2.52. The summed E-state index contributed by atoms with van der Waals surface area (Å²) in [6.45, 7) is 2.36. The van der Waals surface area contributed by atoms with Gasteiger partial charge in [-0.1, -0.05) is 0 Å². The molecule has 2 aliphatic heterocycles. The van der Waals surface area contributed by atoms with Crippen LogP contribution in [0.5, 0.6) is 11.5 Å². The van der Waals surface area contributed by atoms with E-state index in [-0.39, 0.29) is 24.4 Å². The molecule has 5 rings (SSSR count). The van der Waals surface area contributed by atoms with Crippen LogP contribution in [0.3, 0.4) is 0 Å². The van der Waals surface area contributed by atoms with Crippen molar-refractivity contribution in [2.24, 2.45) is 0 Å². The van der Waals surface area contributed by atoms with Crippen molar-refractivity contribution in [2.45, 2.75) is 31.5 Å². The van der Waals surface area contributed by atoms with Gasteiger partial charge in [0.25, 0.3) is 5.91 Å². The minimum Gasteiger partial charge on any atom is -0.497 e. The van der Waals surface area contributed by atoms with Gasteiger partial charge in [0.2, 0.25) is 0 Å². The van der Waals surface area contributed by atoms with Crippen molar-refractivity contribution in [3.8, 4) is 11.5 Å². The average Bonchev–Trinajstić information content (AvgIpc) is 2.87. The Labute approximate surface area is 202 Å². The number of halogens is 1. The Balaban J connectivity index is 1.16. The van der Waals surface area contributed by atoms with E-state index >= 15 is 0 Å². The summed E-state index contributed by atoms with van der Waals surface area (Å²) in [6.07, 6.45) is 1.96. The fourth-order valence-electron chi connectivity index (χ4n) is 4.63. The molecule has 35 heavy (non-hydrogen) atoms. The molecule has 0 radical (unpaired) electrons. The number of fused-ring (bicyclic) bond motifs is 2. The molecular weight excluding hydrogens is 453 g/mol. The summed E-state index contributed by atoms with van der Waals surface area (Å²) in [5.41, 5.74) is 2.09. The van der Waals surface area contributed by atoms with E-state index in [0.29, 0.717) is 48.9 Å². The smallest absolute Gasteiger partial charge is 0.263 e. The zero-order chi connectivity index (χ0) is 24.4. The number of pyridine rings is 2. The summed E-state index contributed by atoms with van der Waals surface area (Å²) in [6, 6.07) is 9.00. The van der Waals surface area contributed by atoms with Crippen LogP contribution in [0.15, 0.2) is 36.5 Å². The van der Waals surface area contributed by atoms with Crippen LogP contribution >= 0.6 is 0 Å². The van der Waals surface area contributed by atoms with Crippen molar-refractivity contribution in [3.63, 3.8) is 0 Å². The monoisotopic (exact) mass is 481 g/mol. The molecule has 1 aromatic carbocycles. The maximum absolute atomic E-state index is 14.6. The number of piperidine rings is 1. The number of β-amino-alcohol motifs (C(OH)–C–C–N with tert-alkyl or cyclic N) is 1. The number of amides is 1. The van der Waals surface area contributed by atoms with E-state index < -0.39 is 6.10 Å². The van der Waals surface area contributed by atoms with Crippen molar-refractivity contribution >= 4 is 22.6 Å². The van der Waals surface area contributed by atoms with Gasteiger partial charge in [0.05, 0.1) is 30.6 Å². The van der Waals surface area contributed by atoms with Gasteiger partial charge in [-0.25, -0.2) is 9.37 Å². The minimum absolute atomic E-state index is 0.00470. The number of hydrogen-bond acceptors (Lipinski definition) is 8. The van der Waals surface area contributed by atoms with Crippen LogP contribution in [0.2, 0.25) is 0 Å². The molecule has 2 aromatic heterocycles. The van der Waals surface area contributed by atoms with Crippen molar-refractivity contribution in [1.82, 2.24) is 20.2 Å². The fourth-order valence-corrected chi connectivity index (χ4v) is 4.63. The third kappa shape index (κ3) is 5.19. The number of anilines is 1. The van der Waals surface area contributed by atoms with Crippen LogP contribution in [-0.4, -0.2) is 71.4 Å². The first-order valence-electron chi connectivity index (χ1n) is 11.7. The zero-order valence-electron chi connectivity index (χ0n) is 19.5. The van der Waals surface area contributed by atoms with Crippen LogP contribution in [0.25, 0.3) is 10.9 Å². The molecule has 1 fully saturated rings. The molecule has 3 N–H and O–H groups in total. The number of likely N-dealkylation sites (tertiary alicyclic amines) is 1. The number of nitrogens with zero attached hydrogens (tertiary/aromatic N) is 3. The van der Waals surface area contributed by atoms with Gasteiger partial charge in [0.1, 0.15) is 11.6 Å². The standard InChI is InChI=1S/C25H28FN5O4/c1-34-16-3-4-20-18(10-16)17(19(26)12-28-20)6-8-31-9-7-21(22(32)13-31)27-11-15-2-5-23-25(29-15)30-24(33)14-35-23/h2-5,10,12,21-22,27,32H,6-9,11,13-14H2,1H3,(H,29,30,33)/t21-,22-/m0/s1. The Morgan fingerprint density at radius 2 is 2.23 bits per heavy atom. The van der Waals surface area contributed by atoms with Crippen LogP contribution in [0.4, 0.5) is 10.2 Å². The van der Waals surface area contributed by atoms with Crippen LogP contribution in [0.1, 0.15) is 17.7 Å². The lowest BCUT2D eigenvalue weighted by atomic mass is 10.00. The number of rotatable bonds is 7. The molecule has 0 saturated carbocycles. The summed E-state index contributed by atoms with van der Waals surface area (Å²) in [7, 11) is 1.58. The van der Waals surface area contributed by atoms with Gasteiger partial charge < -0.3 is 30.1 Å². The molecule has 2 aliphatic rings. The highest BCUT2D eigenvalue weighted by Gasteiger charge is 2.28. The second kappa shape index (κ2) is 10.1. The van der Waals surface area contributed by atoms with Gasteiger partial charge in [0.15, 0.2) is 18.2 Å². The molecule has 0 aliphatic carbocycles. The van der Waals surface area contributed by atoms with E-state index in [0.717, 1.165) is 29.6 Å². The van der Waals surface area contributed by atoms with E-state index in [4.69, 9.17) is 9.47 Å². The van der Waals surface area contributed by atoms with Crippen LogP contribution in [-0.2, 0) is 17.8 Å². The Bertz CT molecular complexity index is 1240. The maximum Gasteiger partial charge on any atom is 0.263 e. The number of hydrogen-bond donors (Lipinski definition) is 3. The SMILES string of the molecule is COc1ccc2ncc(F)c(CCN3CC[C@H](NCc4ccc5c(n4)NC(=O)CO5)[C@@H](O)C3)c2c1. The van der Waals surface area contributed by atoms with Crippen LogP contribution in [0, 0.1) is 5.82 Å². The van der Waals surface area contributed by atoms with E-state index in [1.807, 2.05) is 24.3 Å². The number of aliphatic hydroxyl groups excluding tert-OH is 1. The molecule has 2 atom stereocenters. The number of nitrogens with one attached hydrogen (secondary N) is 2. The number of ether oxygens (including phenoxy) is 2. The molecule has 3 aromatic rings. The molecule has 10 heteroatoms. The lowest BCUT2D eigenvalue weighted by molar-refractivity contribution is -0.118. The molecule has 0 unspecified atom stereocenters.